The van der Waals surface area contributed by atoms with E-state index in [0.717, 1.165) is 37.9 Å². The third-order valence-corrected chi connectivity index (χ3v) is 3.25. The number of carbonyl (C=O) groups is 1. The monoisotopic (exact) mass is 275 g/mol. The van der Waals surface area contributed by atoms with Gasteiger partial charge in [-0.1, -0.05) is 31.6 Å². The van der Waals surface area contributed by atoms with Crippen LogP contribution in [-0.2, 0) is 4.79 Å². The number of amides is 1. The van der Waals surface area contributed by atoms with Gasteiger partial charge in [0.1, 0.15) is 5.75 Å². The number of hydrogen-bond acceptors (Lipinski definition) is 2. The SMILES string of the molecule is CCC/C(=C\CCCCC(N)=O)c1ccc(OC)cc1. The Morgan fingerprint density at radius 3 is 2.45 bits per heavy atom. The molecule has 0 radical (unpaired) electrons. The smallest absolute Gasteiger partial charge is 0.217 e. The van der Waals surface area contributed by atoms with Crippen molar-refractivity contribution in [3.63, 3.8) is 0 Å². The lowest BCUT2D eigenvalue weighted by molar-refractivity contribution is -0.118. The van der Waals surface area contributed by atoms with Crippen molar-refractivity contribution in [1.82, 2.24) is 0 Å². The van der Waals surface area contributed by atoms with Gasteiger partial charge in [0, 0.05) is 6.42 Å². The number of unbranched alkanes of at least 4 members (excludes halogenated alkanes) is 2. The van der Waals surface area contributed by atoms with Crippen LogP contribution >= 0.6 is 0 Å². The van der Waals surface area contributed by atoms with Crippen LogP contribution in [0.1, 0.15) is 51.0 Å². The van der Waals surface area contributed by atoms with Crippen LogP contribution in [0.25, 0.3) is 5.57 Å². The highest BCUT2D eigenvalue weighted by Crippen LogP contribution is 2.23. The Morgan fingerprint density at radius 1 is 1.20 bits per heavy atom. The zero-order valence-electron chi connectivity index (χ0n) is 12.5. The zero-order chi connectivity index (χ0) is 14.8. The first-order valence-electron chi connectivity index (χ1n) is 7.29. The fourth-order valence-electron chi connectivity index (χ4n) is 2.16. The molecule has 3 nitrogen and oxygen atoms in total. The highest BCUT2D eigenvalue weighted by molar-refractivity contribution is 5.73. The van der Waals surface area contributed by atoms with Crippen LogP contribution in [0.5, 0.6) is 5.75 Å². The zero-order valence-corrected chi connectivity index (χ0v) is 12.5. The summed E-state index contributed by atoms with van der Waals surface area (Å²) in [5, 5.41) is 0. The average Bonchev–Trinajstić information content (AvgIpc) is 2.45. The van der Waals surface area contributed by atoms with Gasteiger partial charge in [-0.3, -0.25) is 4.79 Å². The van der Waals surface area contributed by atoms with Crippen LogP contribution in [0.3, 0.4) is 0 Å². The molecule has 0 unspecified atom stereocenters. The summed E-state index contributed by atoms with van der Waals surface area (Å²) >= 11 is 0. The molecule has 0 bridgehead atoms. The molecule has 110 valence electrons. The second kappa shape index (κ2) is 9.18. The van der Waals surface area contributed by atoms with Gasteiger partial charge in [-0.25, -0.2) is 0 Å². The molecule has 20 heavy (non-hydrogen) atoms. The number of rotatable bonds is 9. The summed E-state index contributed by atoms with van der Waals surface area (Å²) in [5.41, 5.74) is 7.76. The van der Waals surface area contributed by atoms with Gasteiger partial charge in [-0.15, -0.1) is 0 Å². The van der Waals surface area contributed by atoms with Crippen LogP contribution in [0.2, 0.25) is 0 Å². The van der Waals surface area contributed by atoms with Crippen molar-refractivity contribution in [2.45, 2.75) is 45.4 Å². The van der Waals surface area contributed by atoms with Crippen molar-refractivity contribution in [2.75, 3.05) is 7.11 Å². The second-order valence-electron chi connectivity index (χ2n) is 4.92. The number of primary amides is 1. The summed E-state index contributed by atoms with van der Waals surface area (Å²) < 4.78 is 5.18. The topological polar surface area (TPSA) is 52.3 Å². The van der Waals surface area contributed by atoms with E-state index in [4.69, 9.17) is 10.5 Å². The van der Waals surface area contributed by atoms with Gasteiger partial charge in [0.15, 0.2) is 0 Å². The van der Waals surface area contributed by atoms with Gasteiger partial charge in [-0.2, -0.15) is 0 Å². The molecule has 0 saturated carbocycles. The Balaban J connectivity index is 2.59. The van der Waals surface area contributed by atoms with Crippen LogP contribution in [-0.4, -0.2) is 13.0 Å². The van der Waals surface area contributed by atoms with Crippen molar-refractivity contribution >= 4 is 11.5 Å². The normalized spacial score (nSPS) is 11.4. The molecule has 0 fully saturated rings. The number of hydrogen-bond donors (Lipinski definition) is 1. The molecule has 0 atom stereocenters. The lowest BCUT2D eigenvalue weighted by Crippen LogP contribution is -2.09. The number of benzene rings is 1. The van der Waals surface area contributed by atoms with E-state index >= 15 is 0 Å². The van der Waals surface area contributed by atoms with Gasteiger partial charge in [-0.05, 0) is 49.0 Å². The van der Waals surface area contributed by atoms with E-state index in [0.29, 0.717) is 6.42 Å². The Hall–Kier alpha value is -1.77. The molecule has 0 aliphatic rings. The summed E-state index contributed by atoms with van der Waals surface area (Å²) in [6.45, 7) is 2.18. The molecular formula is C17H25NO2. The first-order chi connectivity index (χ1) is 9.67. The number of methoxy groups -OCH3 is 1. The largest absolute Gasteiger partial charge is 0.497 e. The Bertz CT molecular complexity index is 435. The van der Waals surface area contributed by atoms with Crippen LogP contribution in [0, 0.1) is 0 Å². The third-order valence-electron chi connectivity index (χ3n) is 3.25. The van der Waals surface area contributed by atoms with Crippen molar-refractivity contribution in [3.8, 4) is 5.75 Å². The van der Waals surface area contributed by atoms with E-state index in [-0.39, 0.29) is 5.91 Å². The van der Waals surface area contributed by atoms with Gasteiger partial charge < -0.3 is 10.5 Å². The summed E-state index contributed by atoms with van der Waals surface area (Å²) in [5.74, 6) is 0.670. The molecule has 1 amide bonds. The number of nitrogens with two attached hydrogens (primary N) is 1. The van der Waals surface area contributed by atoms with Gasteiger partial charge >= 0.3 is 0 Å². The van der Waals surface area contributed by atoms with Crippen LogP contribution in [0.4, 0.5) is 0 Å². The maximum absolute atomic E-state index is 10.7. The standard InChI is InChI=1S/C17H25NO2/c1-3-7-14(8-5-4-6-9-17(18)19)15-10-12-16(20-2)13-11-15/h8,10-13H,3-7,9H2,1-2H3,(H2,18,19)/b14-8+. The quantitative estimate of drug-likeness (QED) is 0.694. The van der Waals surface area contributed by atoms with Crippen LogP contribution in [0.15, 0.2) is 30.3 Å². The summed E-state index contributed by atoms with van der Waals surface area (Å²) in [4.78, 5) is 10.7. The molecule has 0 spiro atoms. The van der Waals surface area contributed by atoms with E-state index in [2.05, 4.69) is 25.1 Å². The lowest BCUT2D eigenvalue weighted by Gasteiger charge is -2.08. The van der Waals surface area contributed by atoms with E-state index in [1.165, 1.54) is 11.1 Å². The fraction of sp³-hybridized carbons (Fsp3) is 0.471. The average molecular weight is 275 g/mol. The molecule has 0 aromatic heterocycles. The number of carbonyl (C=O) groups excluding carboxylic acids is 1. The molecule has 0 aliphatic carbocycles. The van der Waals surface area contributed by atoms with Crippen molar-refractivity contribution in [2.24, 2.45) is 5.73 Å². The van der Waals surface area contributed by atoms with E-state index in [9.17, 15) is 4.79 Å². The summed E-state index contributed by atoms with van der Waals surface area (Å²) in [6, 6.07) is 8.19. The van der Waals surface area contributed by atoms with Gasteiger partial charge in [0.2, 0.25) is 5.91 Å². The van der Waals surface area contributed by atoms with E-state index in [1.807, 2.05) is 12.1 Å². The first kappa shape index (κ1) is 16.3. The molecule has 0 heterocycles. The molecular weight excluding hydrogens is 250 g/mol. The Labute approximate surface area is 121 Å². The Kier molecular flexibility index (Phi) is 7.48. The lowest BCUT2D eigenvalue weighted by atomic mass is 9.99. The molecule has 0 aliphatic heterocycles. The summed E-state index contributed by atoms with van der Waals surface area (Å²) in [6.07, 6.45) is 7.84. The predicted octanol–water partition coefficient (Wildman–Crippen LogP) is 3.92. The van der Waals surface area contributed by atoms with Gasteiger partial charge in [0.25, 0.3) is 0 Å². The van der Waals surface area contributed by atoms with Crippen LogP contribution < -0.4 is 10.5 Å². The molecule has 3 heteroatoms. The number of allylic oxidation sites excluding steroid dienone is 2. The second-order valence-corrected chi connectivity index (χ2v) is 4.92. The molecule has 1 aromatic carbocycles. The minimum atomic E-state index is -0.210. The van der Waals surface area contributed by atoms with Crippen molar-refractivity contribution < 1.29 is 9.53 Å². The predicted molar refractivity (Wildman–Crippen MR) is 83.5 cm³/mol. The summed E-state index contributed by atoms with van der Waals surface area (Å²) in [7, 11) is 1.68. The Morgan fingerprint density at radius 2 is 1.90 bits per heavy atom. The fourth-order valence-corrected chi connectivity index (χ4v) is 2.16. The minimum Gasteiger partial charge on any atom is -0.497 e. The third kappa shape index (κ3) is 5.91. The molecule has 0 saturated heterocycles. The van der Waals surface area contributed by atoms with Crippen molar-refractivity contribution in [1.29, 1.82) is 0 Å². The van der Waals surface area contributed by atoms with Gasteiger partial charge in [0.05, 0.1) is 7.11 Å². The number of ether oxygens (including phenoxy) is 1. The molecule has 1 rings (SSSR count). The minimum absolute atomic E-state index is 0.210. The van der Waals surface area contributed by atoms with E-state index in [1.54, 1.807) is 7.11 Å². The highest BCUT2D eigenvalue weighted by atomic mass is 16.5. The maximum atomic E-state index is 10.7. The first-order valence-corrected chi connectivity index (χ1v) is 7.29. The maximum Gasteiger partial charge on any atom is 0.217 e. The highest BCUT2D eigenvalue weighted by Gasteiger charge is 2.01. The molecule has 2 N–H and O–H groups in total. The van der Waals surface area contributed by atoms with E-state index < -0.39 is 0 Å². The van der Waals surface area contributed by atoms with Crippen molar-refractivity contribution in [3.05, 3.63) is 35.9 Å². The molecule has 1 aromatic rings.